The van der Waals surface area contributed by atoms with Crippen LogP contribution in [0.4, 0.5) is 0 Å². The van der Waals surface area contributed by atoms with Gasteiger partial charge in [0.1, 0.15) is 0 Å². The lowest BCUT2D eigenvalue weighted by Crippen LogP contribution is -2.38. The molecule has 144 valence electrons. The third-order valence-electron chi connectivity index (χ3n) is 4.07. The minimum Gasteiger partial charge on any atom is -0.351 e. The first-order valence-electron chi connectivity index (χ1n) is 9.17. The molecule has 0 unspecified atom stereocenters. The topological polar surface area (TPSA) is 58.3 Å². The quantitative estimate of drug-likeness (QED) is 0.594. The van der Waals surface area contributed by atoms with Gasteiger partial charge in [-0.05, 0) is 11.8 Å². The van der Waals surface area contributed by atoms with Gasteiger partial charge in [0.2, 0.25) is 0 Å². The van der Waals surface area contributed by atoms with E-state index in [1.165, 1.54) is 15.4 Å². The predicted molar refractivity (Wildman–Crippen MR) is 110 cm³/mol. The molecule has 0 amide bonds. The zero-order chi connectivity index (χ0) is 19.3. The van der Waals surface area contributed by atoms with Crippen LogP contribution in [-0.4, -0.2) is 39.7 Å². The number of hydrogen-bond donors (Lipinski definition) is 1. The molecule has 1 N–H and O–H groups in total. The summed E-state index contributed by atoms with van der Waals surface area (Å²) in [7, 11) is 5.85. The number of aromatic nitrogens is 3. The number of aliphatic imine (C=N–C) groups is 1. The molecule has 2 aromatic heterocycles. The number of rotatable bonds is 7. The van der Waals surface area contributed by atoms with E-state index in [1.807, 2.05) is 25.0 Å². The Bertz CT molecular complexity index is 728. The summed E-state index contributed by atoms with van der Waals surface area (Å²) in [5.41, 5.74) is 2.39. The van der Waals surface area contributed by atoms with Gasteiger partial charge in [0.25, 0.3) is 0 Å². The predicted octanol–water partition coefficient (Wildman–Crippen LogP) is 3.41. The average Bonchev–Trinajstić information content (AvgIpc) is 3.14. The van der Waals surface area contributed by atoms with Crippen LogP contribution in [0.15, 0.2) is 17.4 Å². The van der Waals surface area contributed by atoms with Crippen molar-refractivity contribution < 1.29 is 0 Å². The molecule has 0 saturated carbocycles. The van der Waals surface area contributed by atoms with Crippen LogP contribution in [0.3, 0.4) is 0 Å². The lowest BCUT2D eigenvalue weighted by Gasteiger charge is -2.22. The van der Waals surface area contributed by atoms with Crippen molar-refractivity contribution in [2.24, 2.45) is 18.0 Å². The molecule has 0 aliphatic heterocycles. The molecule has 0 bridgehead atoms. The fraction of sp³-hybridized carbons (Fsp3) is 0.632. The van der Waals surface area contributed by atoms with E-state index < -0.39 is 0 Å². The van der Waals surface area contributed by atoms with Crippen LogP contribution < -0.4 is 5.32 Å². The van der Waals surface area contributed by atoms with E-state index in [2.05, 4.69) is 66.2 Å². The van der Waals surface area contributed by atoms with Gasteiger partial charge in [-0.15, -0.1) is 11.3 Å². The summed E-state index contributed by atoms with van der Waals surface area (Å²) < 4.78 is 1.89. The number of nitrogens with one attached hydrogen (secondary N) is 1. The van der Waals surface area contributed by atoms with Crippen molar-refractivity contribution in [3.05, 3.63) is 33.5 Å². The normalized spacial score (nSPS) is 12.3. The van der Waals surface area contributed by atoms with E-state index in [4.69, 9.17) is 0 Å². The molecule has 2 rings (SSSR count). The van der Waals surface area contributed by atoms with E-state index in [9.17, 15) is 0 Å². The summed E-state index contributed by atoms with van der Waals surface area (Å²) >= 11 is 1.78. The summed E-state index contributed by atoms with van der Waals surface area (Å²) in [6.45, 7) is 10.3. The van der Waals surface area contributed by atoms with Gasteiger partial charge in [-0.3, -0.25) is 9.67 Å². The monoisotopic (exact) mass is 376 g/mol. The number of guanidine groups is 1. The Hall–Kier alpha value is -1.89. The average molecular weight is 377 g/mol. The molecular weight excluding hydrogens is 344 g/mol. The number of thiazole rings is 1. The van der Waals surface area contributed by atoms with E-state index >= 15 is 0 Å². The first-order chi connectivity index (χ1) is 12.3. The van der Waals surface area contributed by atoms with E-state index in [0.29, 0.717) is 11.8 Å². The Morgan fingerprint density at radius 3 is 2.69 bits per heavy atom. The van der Waals surface area contributed by atoms with E-state index in [0.717, 1.165) is 31.2 Å². The number of nitrogens with zero attached hydrogens (tertiary/aromatic N) is 5. The maximum absolute atomic E-state index is 4.59. The second-order valence-corrected chi connectivity index (χ2v) is 8.64. The van der Waals surface area contributed by atoms with Crippen LogP contribution in [0.1, 0.15) is 54.8 Å². The van der Waals surface area contributed by atoms with Crippen molar-refractivity contribution in [3.8, 4) is 0 Å². The highest BCUT2D eigenvalue weighted by Gasteiger charge is 2.15. The molecule has 7 heteroatoms. The third kappa shape index (κ3) is 5.56. The minimum atomic E-state index is 0.408. The zero-order valence-electron chi connectivity index (χ0n) is 17.1. The highest BCUT2D eigenvalue weighted by atomic mass is 32.1. The number of hydrogen-bond acceptors (Lipinski definition) is 4. The standard InChI is InChI=1S/C19H32N6S/c1-13(2)8-17-21-9-16(26-17)10-22-19(20-5)24(6)11-15-12-25(7)23-18(15)14(3)4/h9,12-14H,8,10-11H2,1-7H3,(H,20,22). The fourth-order valence-corrected chi connectivity index (χ4v) is 3.99. The highest BCUT2D eigenvalue weighted by Crippen LogP contribution is 2.19. The second-order valence-electron chi connectivity index (χ2n) is 7.44. The van der Waals surface area contributed by atoms with Crippen LogP contribution in [0, 0.1) is 5.92 Å². The van der Waals surface area contributed by atoms with Gasteiger partial charge in [-0.25, -0.2) is 4.98 Å². The SMILES string of the molecule is CN=C(NCc1cnc(CC(C)C)s1)N(C)Cc1cn(C)nc1C(C)C. The van der Waals surface area contributed by atoms with E-state index in [1.54, 1.807) is 11.3 Å². The summed E-state index contributed by atoms with van der Waals surface area (Å²) in [6, 6.07) is 0. The molecule has 6 nitrogen and oxygen atoms in total. The Balaban J connectivity index is 1.97. The van der Waals surface area contributed by atoms with Crippen molar-refractivity contribution in [3.63, 3.8) is 0 Å². The molecule has 0 spiro atoms. The van der Waals surface area contributed by atoms with Crippen molar-refractivity contribution >= 4 is 17.3 Å². The largest absolute Gasteiger partial charge is 0.351 e. The first-order valence-corrected chi connectivity index (χ1v) is 9.99. The Labute approximate surface area is 161 Å². The molecule has 0 aliphatic rings. The van der Waals surface area contributed by atoms with Crippen LogP contribution in [0.5, 0.6) is 0 Å². The van der Waals surface area contributed by atoms with Crippen LogP contribution in [0.25, 0.3) is 0 Å². The summed E-state index contributed by atoms with van der Waals surface area (Å²) in [5, 5.41) is 9.24. The van der Waals surface area contributed by atoms with Gasteiger partial charge >= 0.3 is 0 Å². The number of aryl methyl sites for hydroxylation is 1. The van der Waals surface area contributed by atoms with E-state index in [-0.39, 0.29) is 0 Å². The molecular formula is C19H32N6S. The van der Waals surface area contributed by atoms with Gasteiger partial charge in [0, 0.05) is 56.9 Å². The summed E-state index contributed by atoms with van der Waals surface area (Å²) in [5.74, 6) is 1.92. The van der Waals surface area contributed by atoms with Gasteiger partial charge < -0.3 is 10.2 Å². The van der Waals surface area contributed by atoms with Crippen LogP contribution in [-0.2, 0) is 26.6 Å². The van der Waals surface area contributed by atoms with Gasteiger partial charge in [0.15, 0.2) is 5.96 Å². The molecule has 0 aromatic carbocycles. The summed E-state index contributed by atoms with van der Waals surface area (Å²) in [6.07, 6.45) is 5.11. The Morgan fingerprint density at radius 2 is 2.08 bits per heavy atom. The van der Waals surface area contributed by atoms with Crippen molar-refractivity contribution in [2.75, 3.05) is 14.1 Å². The molecule has 26 heavy (non-hydrogen) atoms. The van der Waals surface area contributed by atoms with Crippen LogP contribution in [0.2, 0.25) is 0 Å². The van der Waals surface area contributed by atoms with Crippen LogP contribution >= 0.6 is 11.3 Å². The van der Waals surface area contributed by atoms with Gasteiger partial charge in [-0.2, -0.15) is 5.10 Å². The second kappa shape index (κ2) is 9.16. The van der Waals surface area contributed by atoms with Crippen molar-refractivity contribution in [1.29, 1.82) is 0 Å². The molecule has 0 fully saturated rings. The lowest BCUT2D eigenvalue weighted by atomic mass is 10.1. The fourth-order valence-electron chi connectivity index (χ4n) is 2.92. The maximum Gasteiger partial charge on any atom is 0.193 e. The Morgan fingerprint density at radius 1 is 1.35 bits per heavy atom. The minimum absolute atomic E-state index is 0.408. The molecule has 2 heterocycles. The van der Waals surface area contributed by atoms with Crippen molar-refractivity contribution in [1.82, 2.24) is 25.0 Å². The zero-order valence-corrected chi connectivity index (χ0v) is 17.9. The molecule has 2 aromatic rings. The summed E-state index contributed by atoms with van der Waals surface area (Å²) in [4.78, 5) is 12.3. The molecule has 0 atom stereocenters. The molecule has 0 saturated heterocycles. The van der Waals surface area contributed by atoms with Gasteiger partial charge in [0.05, 0.1) is 17.2 Å². The van der Waals surface area contributed by atoms with Crippen molar-refractivity contribution in [2.45, 2.75) is 53.1 Å². The smallest absolute Gasteiger partial charge is 0.193 e. The molecule has 0 aliphatic carbocycles. The van der Waals surface area contributed by atoms with Gasteiger partial charge in [-0.1, -0.05) is 27.7 Å². The lowest BCUT2D eigenvalue weighted by molar-refractivity contribution is 0.473. The third-order valence-corrected chi connectivity index (χ3v) is 5.09. The molecule has 0 radical (unpaired) electrons. The highest BCUT2D eigenvalue weighted by molar-refractivity contribution is 7.11. The maximum atomic E-state index is 4.59. The first kappa shape index (κ1) is 20.4. The Kier molecular flexibility index (Phi) is 7.20.